The van der Waals surface area contributed by atoms with E-state index in [0.29, 0.717) is 0 Å². The molecule has 0 radical (unpaired) electrons. The number of hydrogen-bond donors (Lipinski definition) is 0. The zero-order valence-electron chi connectivity index (χ0n) is 12.4. The monoisotopic (exact) mass is 267 g/mol. The smallest absolute Gasteiger partial charge is 0.0677 e. The lowest BCUT2D eigenvalue weighted by molar-refractivity contribution is 0.154. The number of hydrogen-bond acceptors (Lipinski definition) is 2. The lowest BCUT2D eigenvalue weighted by Crippen LogP contribution is -2.26. The van der Waals surface area contributed by atoms with Crippen molar-refractivity contribution in [1.29, 1.82) is 0 Å². The van der Waals surface area contributed by atoms with Crippen molar-refractivity contribution in [3.8, 4) is 0 Å². The summed E-state index contributed by atoms with van der Waals surface area (Å²) in [5.74, 6) is 0. The normalized spacial score (nSPS) is 16.2. The van der Waals surface area contributed by atoms with Crippen LogP contribution < -0.4 is 0 Å². The molecule has 0 saturated carbocycles. The third-order valence-corrected chi connectivity index (χ3v) is 4.20. The summed E-state index contributed by atoms with van der Waals surface area (Å²) >= 11 is 0. The molecular weight excluding hydrogens is 246 g/mol. The molecule has 1 aliphatic heterocycles. The molecule has 20 heavy (non-hydrogen) atoms. The predicted octanol–water partition coefficient (Wildman–Crippen LogP) is 4.63. The van der Waals surface area contributed by atoms with E-state index in [9.17, 15) is 0 Å². The molecule has 1 heterocycles. The molecule has 0 spiro atoms. The van der Waals surface area contributed by atoms with Gasteiger partial charge in [-0.3, -0.25) is 4.99 Å². The molecule has 2 nitrogen and oxygen atoms in total. The molecular formula is C18H21NO. The van der Waals surface area contributed by atoms with Crippen LogP contribution in [0.2, 0.25) is 0 Å². The second-order valence-electron chi connectivity index (χ2n) is 5.81. The first kappa shape index (κ1) is 13.3. The van der Waals surface area contributed by atoms with Gasteiger partial charge in [0.1, 0.15) is 0 Å². The first-order valence-electron chi connectivity index (χ1n) is 7.32. The fourth-order valence-electron chi connectivity index (χ4n) is 3.12. The number of fused-ring (bicyclic) bond motifs is 3. The Kier molecular flexibility index (Phi) is 3.35. The number of rotatable bonds is 4. The lowest BCUT2D eigenvalue weighted by atomic mass is 9.78. The predicted molar refractivity (Wildman–Crippen MR) is 85.2 cm³/mol. The van der Waals surface area contributed by atoms with Gasteiger partial charge < -0.3 is 4.74 Å². The van der Waals surface area contributed by atoms with E-state index in [1.807, 2.05) is 6.92 Å². The molecule has 2 aromatic carbocycles. The largest absolute Gasteiger partial charge is 0.381 e. The molecule has 2 heteroatoms. The van der Waals surface area contributed by atoms with E-state index in [1.165, 1.54) is 22.0 Å². The fraction of sp³-hybridized carbons (Fsp3) is 0.389. The molecule has 1 aliphatic rings. The molecule has 0 fully saturated rings. The van der Waals surface area contributed by atoms with Crippen LogP contribution in [0.5, 0.6) is 0 Å². The molecule has 0 aromatic heterocycles. The Morgan fingerprint density at radius 3 is 2.70 bits per heavy atom. The summed E-state index contributed by atoms with van der Waals surface area (Å²) < 4.78 is 5.49. The van der Waals surface area contributed by atoms with Gasteiger partial charge in [0, 0.05) is 24.2 Å². The highest BCUT2D eigenvalue weighted by Crippen LogP contribution is 2.44. The highest BCUT2D eigenvalue weighted by atomic mass is 16.5. The summed E-state index contributed by atoms with van der Waals surface area (Å²) in [6, 6.07) is 12.9. The molecule has 2 aromatic rings. The molecule has 0 atom stereocenters. The van der Waals surface area contributed by atoms with Gasteiger partial charge in [0.2, 0.25) is 0 Å². The van der Waals surface area contributed by atoms with Crippen LogP contribution in [0.1, 0.15) is 32.8 Å². The van der Waals surface area contributed by atoms with E-state index in [2.05, 4.69) is 50.2 Å². The minimum Gasteiger partial charge on any atom is -0.381 e. The fourth-order valence-corrected chi connectivity index (χ4v) is 3.12. The van der Waals surface area contributed by atoms with Gasteiger partial charge in [-0.15, -0.1) is 0 Å². The van der Waals surface area contributed by atoms with E-state index in [-0.39, 0.29) is 5.41 Å². The number of aliphatic imine (C=N–C) groups is 1. The Labute approximate surface area is 120 Å². The quantitative estimate of drug-likeness (QED) is 0.740. The Morgan fingerprint density at radius 1 is 1.10 bits per heavy atom. The molecule has 0 bridgehead atoms. The zero-order valence-corrected chi connectivity index (χ0v) is 12.4. The van der Waals surface area contributed by atoms with Gasteiger partial charge in [0.25, 0.3) is 0 Å². The topological polar surface area (TPSA) is 21.6 Å². The Morgan fingerprint density at radius 2 is 1.90 bits per heavy atom. The molecule has 0 N–H and O–H groups in total. The van der Waals surface area contributed by atoms with Crippen LogP contribution in [0.15, 0.2) is 41.4 Å². The lowest BCUT2D eigenvalue weighted by Gasteiger charge is -2.23. The molecule has 0 unspecified atom stereocenters. The number of ether oxygens (including phenoxy) is 1. The van der Waals surface area contributed by atoms with Crippen LogP contribution in [0.25, 0.3) is 10.8 Å². The van der Waals surface area contributed by atoms with Gasteiger partial charge in [0.05, 0.1) is 12.3 Å². The number of nitrogens with zero attached hydrogens (tertiary/aromatic N) is 1. The van der Waals surface area contributed by atoms with E-state index in [1.54, 1.807) is 0 Å². The van der Waals surface area contributed by atoms with E-state index in [0.717, 1.165) is 25.3 Å². The highest BCUT2D eigenvalue weighted by molar-refractivity contribution is 6.07. The van der Waals surface area contributed by atoms with Crippen LogP contribution in [0.4, 0.5) is 5.69 Å². The van der Waals surface area contributed by atoms with Crippen LogP contribution in [0.3, 0.4) is 0 Å². The second-order valence-corrected chi connectivity index (χ2v) is 5.81. The second kappa shape index (κ2) is 5.02. The van der Waals surface area contributed by atoms with Crippen molar-refractivity contribution in [2.24, 2.45) is 4.99 Å². The molecule has 0 saturated heterocycles. The van der Waals surface area contributed by atoms with Crippen molar-refractivity contribution < 1.29 is 4.74 Å². The van der Waals surface area contributed by atoms with Crippen molar-refractivity contribution in [1.82, 2.24) is 0 Å². The maximum atomic E-state index is 5.49. The standard InChI is InChI=1S/C18H21NO/c1-4-20-12-11-16-18(2,3)17-14-8-6-5-7-13(14)9-10-15(17)19-16/h5-10H,4,11-12H2,1-3H3. The first-order valence-corrected chi connectivity index (χ1v) is 7.32. The summed E-state index contributed by atoms with van der Waals surface area (Å²) in [4.78, 5) is 4.86. The zero-order chi connectivity index (χ0) is 14.2. The van der Waals surface area contributed by atoms with Gasteiger partial charge in [-0.25, -0.2) is 0 Å². The maximum Gasteiger partial charge on any atom is 0.0677 e. The highest BCUT2D eigenvalue weighted by Gasteiger charge is 2.35. The minimum absolute atomic E-state index is 0.00665. The Hall–Kier alpha value is -1.67. The third kappa shape index (κ3) is 2.04. The van der Waals surface area contributed by atoms with Crippen LogP contribution in [-0.2, 0) is 10.2 Å². The van der Waals surface area contributed by atoms with Crippen molar-refractivity contribution in [3.05, 3.63) is 42.0 Å². The third-order valence-electron chi connectivity index (χ3n) is 4.20. The van der Waals surface area contributed by atoms with Crippen molar-refractivity contribution >= 4 is 22.2 Å². The van der Waals surface area contributed by atoms with Crippen molar-refractivity contribution in [3.63, 3.8) is 0 Å². The van der Waals surface area contributed by atoms with Gasteiger partial charge in [-0.05, 0) is 29.3 Å². The Balaban J connectivity index is 2.04. The Bertz CT molecular complexity index is 670. The average Bonchev–Trinajstić information content (AvgIpc) is 2.71. The van der Waals surface area contributed by atoms with Crippen molar-refractivity contribution in [2.75, 3.05) is 13.2 Å². The number of benzene rings is 2. The van der Waals surface area contributed by atoms with E-state index >= 15 is 0 Å². The molecule has 0 aliphatic carbocycles. The van der Waals surface area contributed by atoms with E-state index in [4.69, 9.17) is 9.73 Å². The minimum atomic E-state index is -0.00665. The summed E-state index contributed by atoms with van der Waals surface area (Å²) in [7, 11) is 0. The maximum absolute atomic E-state index is 5.49. The first-order chi connectivity index (χ1) is 9.64. The van der Waals surface area contributed by atoms with Gasteiger partial charge in [-0.2, -0.15) is 0 Å². The molecule has 104 valence electrons. The van der Waals surface area contributed by atoms with Crippen LogP contribution >= 0.6 is 0 Å². The van der Waals surface area contributed by atoms with Crippen LogP contribution in [0, 0.1) is 0 Å². The van der Waals surface area contributed by atoms with Crippen molar-refractivity contribution in [2.45, 2.75) is 32.6 Å². The van der Waals surface area contributed by atoms with Gasteiger partial charge >= 0.3 is 0 Å². The van der Waals surface area contributed by atoms with E-state index < -0.39 is 0 Å². The van der Waals surface area contributed by atoms with Gasteiger partial charge in [-0.1, -0.05) is 44.2 Å². The molecule has 3 rings (SSSR count). The SMILES string of the molecule is CCOCCC1=Nc2ccc3ccccc3c2C1(C)C. The summed E-state index contributed by atoms with van der Waals surface area (Å²) in [6.07, 6.45) is 0.907. The summed E-state index contributed by atoms with van der Waals surface area (Å²) in [5.41, 5.74) is 3.72. The summed E-state index contributed by atoms with van der Waals surface area (Å²) in [6.45, 7) is 8.10. The van der Waals surface area contributed by atoms with Crippen LogP contribution in [-0.4, -0.2) is 18.9 Å². The average molecular weight is 267 g/mol. The molecule has 0 amide bonds. The van der Waals surface area contributed by atoms with Gasteiger partial charge in [0.15, 0.2) is 0 Å². The summed E-state index contributed by atoms with van der Waals surface area (Å²) in [5, 5.41) is 2.62.